The lowest BCUT2D eigenvalue weighted by molar-refractivity contribution is -0.117. The Kier molecular flexibility index (Phi) is 8.09. The lowest BCUT2D eigenvalue weighted by Gasteiger charge is -2.20. The maximum absolute atomic E-state index is 12.3. The van der Waals surface area contributed by atoms with Gasteiger partial charge in [-0.3, -0.25) is 9.69 Å². The van der Waals surface area contributed by atoms with Crippen LogP contribution >= 0.6 is 12.4 Å². The molecule has 0 saturated carbocycles. The van der Waals surface area contributed by atoms with Crippen molar-refractivity contribution in [3.63, 3.8) is 0 Å². The molecule has 6 heteroatoms. The molecule has 0 aliphatic heterocycles. The molecule has 0 aliphatic rings. The number of anilines is 2. The van der Waals surface area contributed by atoms with Gasteiger partial charge in [0.15, 0.2) is 0 Å². The van der Waals surface area contributed by atoms with Gasteiger partial charge in [0.1, 0.15) is 5.75 Å². The van der Waals surface area contributed by atoms with Gasteiger partial charge in [0.25, 0.3) is 0 Å². The molecule has 1 amide bonds. The fourth-order valence-corrected chi connectivity index (χ4v) is 2.37. The van der Waals surface area contributed by atoms with Gasteiger partial charge in [-0.05, 0) is 36.4 Å². The highest BCUT2D eigenvalue weighted by Gasteiger charge is 2.12. The Hall–Kier alpha value is -2.24. The number of nitrogen functional groups attached to an aromatic ring is 1. The van der Waals surface area contributed by atoms with Crippen molar-refractivity contribution < 1.29 is 9.53 Å². The highest BCUT2D eigenvalue weighted by Crippen LogP contribution is 2.22. The van der Waals surface area contributed by atoms with Crippen LogP contribution in [0.1, 0.15) is 12.5 Å². The van der Waals surface area contributed by atoms with Crippen LogP contribution in [0.4, 0.5) is 11.4 Å². The summed E-state index contributed by atoms with van der Waals surface area (Å²) in [5, 5.41) is 2.89. The van der Waals surface area contributed by atoms with Crippen molar-refractivity contribution in [2.45, 2.75) is 13.5 Å². The topological polar surface area (TPSA) is 67.6 Å². The van der Waals surface area contributed by atoms with Crippen LogP contribution in [0.3, 0.4) is 0 Å². The number of nitrogens with zero attached hydrogens (tertiary/aromatic N) is 1. The number of methoxy groups -OCH3 is 1. The zero-order valence-electron chi connectivity index (χ0n) is 14.0. The van der Waals surface area contributed by atoms with Crippen molar-refractivity contribution >= 4 is 29.7 Å². The minimum atomic E-state index is -0.0692. The van der Waals surface area contributed by atoms with Crippen LogP contribution in [0.2, 0.25) is 0 Å². The number of benzene rings is 2. The molecule has 3 N–H and O–H groups in total. The number of nitrogens with two attached hydrogens (primary N) is 1. The average Bonchev–Trinajstić information content (AvgIpc) is 2.54. The van der Waals surface area contributed by atoms with E-state index in [1.165, 1.54) is 0 Å². The molecule has 0 bridgehead atoms. The van der Waals surface area contributed by atoms with Gasteiger partial charge in [-0.25, -0.2) is 0 Å². The van der Waals surface area contributed by atoms with Crippen LogP contribution in [-0.2, 0) is 11.3 Å². The van der Waals surface area contributed by atoms with Crippen molar-refractivity contribution in [1.82, 2.24) is 4.90 Å². The van der Waals surface area contributed by atoms with E-state index in [1.54, 1.807) is 7.11 Å². The third-order valence-corrected chi connectivity index (χ3v) is 3.55. The van der Waals surface area contributed by atoms with Gasteiger partial charge in [-0.15, -0.1) is 12.4 Å². The van der Waals surface area contributed by atoms with Crippen LogP contribution < -0.4 is 15.8 Å². The number of halogens is 1. The summed E-state index contributed by atoms with van der Waals surface area (Å²) in [5.41, 5.74) is 8.31. The number of hydrogen-bond acceptors (Lipinski definition) is 4. The number of likely N-dealkylation sites (N-methyl/N-ethyl adjacent to an activating group) is 1. The summed E-state index contributed by atoms with van der Waals surface area (Å²) in [6.45, 7) is 3.79. The second kappa shape index (κ2) is 9.80. The van der Waals surface area contributed by atoms with Gasteiger partial charge in [-0.2, -0.15) is 0 Å². The van der Waals surface area contributed by atoms with Crippen LogP contribution in [0.5, 0.6) is 5.75 Å². The molecule has 2 rings (SSSR count). The highest BCUT2D eigenvalue weighted by atomic mass is 35.5. The number of carbonyl (C=O) groups excluding carboxylic acids is 1. The summed E-state index contributed by atoms with van der Waals surface area (Å²) >= 11 is 0. The summed E-state index contributed by atoms with van der Waals surface area (Å²) in [4.78, 5) is 14.3. The van der Waals surface area contributed by atoms with Gasteiger partial charge < -0.3 is 15.8 Å². The molecular formula is C18H24ClN3O2. The maximum Gasteiger partial charge on any atom is 0.238 e. The molecule has 24 heavy (non-hydrogen) atoms. The van der Waals surface area contributed by atoms with Gasteiger partial charge in [-0.1, -0.05) is 31.2 Å². The molecular weight excluding hydrogens is 326 g/mol. The largest absolute Gasteiger partial charge is 0.495 e. The van der Waals surface area contributed by atoms with E-state index in [9.17, 15) is 4.79 Å². The third-order valence-electron chi connectivity index (χ3n) is 3.55. The molecule has 5 nitrogen and oxygen atoms in total. The summed E-state index contributed by atoms with van der Waals surface area (Å²) in [6, 6.07) is 15.1. The molecule has 0 saturated heterocycles. The first-order chi connectivity index (χ1) is 11.1. The summed E-state index contributed by atoms with van der Waals surface area (Å²) in [6.07, 6.45) is 0. The van der Waals surface area contributed by atoms with Gasteiger partial charge in [0.05, 0.1) is 19.3 Å². The minimum absolute atomic E-state index is 0. The number of carbonyl (C=O) groups is 1. The van der Waals surface area contributed by atoms with Crippen LogP contribution in [0, 0.1) is 0 Å². The number of ether oxygens (including phenoxy) is 1. The fraction of sp³-hybridized carbons (Fsp3) is 0.278. The molecule has 0 aliphatic carbocycles. The molecule has 130 valence electrons. The predicted octanol–water partition coefficient (Wildman–Crippen LogP) is 3.16. The summed E-state index contributed by atoms with van der Waals surface area (Å²) in [5.74, 6) is 0.583. The molecule has 0 fully saturated rings. The minimum Gasteiger partial charge on any atom is -0.495 e. The van der Waals surface area contributed by atoms with E-state index >= 15 is 0 Å². The molecule has 0 aromatic heterocycles. The Morgan fingerprint density at radius 1 is 1.21 bits per heavy atom. The molecule has 2 aromatic rings. The van der Waals surface area contributed by atoms with Crippen molar-refractivity contribution in [2.75, 3.05) is 31.2 Å². The summed E-state index contributed by atoms with van der Waals surface area (Å²) in [7, 11) is 1.59. The number of para-hydroxylation sites is 2. The lowest BCUT2D eigenvalue weighted by atomic mass is 10.2. The molecule has 0 spiro atoms. The average molecular weight is 350 g/mol. The first kappa shape index (κ1) is 19.8. The lowest BCUT2D eigenvalue weighted by Crippen LogP contribution is -2.32. The Morgan fingerprint density at radius 2 is 1.96 bits per heavy atom. The predicted molar refractivity (Wildman–Crippen MR) is 101 cm³/mol. The van der Waals surface area contributed by atoms with Gasteiger partial charge in [0, 0.05) is 12.2 Å². The second-order valence-electron chi connectivity index (χ2n) is 5.30. The van der Waals surface area contributed by atoms with Gasteiger partial charge >= 0.3 is 0 Å². The van der Waals surface area contributed by atoms with Crippen LogP contribution in [0.25, 0.3) is 0 Å². The Bertz CT molecular complexity index is 664. The van der Waals surface area contributed by atoms with E-state index in [2.05, 4.69) is 10.2 Å². The highest BCUT2D eigenvalue weighted by molar-refractivity contribution is 5.93. The van der Waals surface area contributed by atoms with Crippen LogP contribution in [-0.4, -0.2) is 31.0 Å². The Labute approximate surface area is 149 Å². The Morgan fingerprint density at radius 3 is 2.62 bits per heavy atom. The van der Waals surface area contributed by atoms with E-state index < -0.39 is 0 Å². The van der Waals surface area contributed by atoms with Crippen molar-refractivity contribution in [2.24, 2.45) is 0 Å². The Balaban J connectivity index is 0.00000288. The molecule has 0 radical (unpaired) electrons. The molecule has 2 aromatic carbocycles. The van der Waals surface area contributed by atoms with Gasteiger partial charge in [0.2, 0.25) is 5.91 Å². The second-order valence-corrected chi connectivity index (χ2v) is 5.30. The monoisotopic (exact) mass is 349 g/mol. The number of hydrogen-bond donors (Lipinski definition) is 2. The normalized spacial score (nSPS) is 10.1. The first-order valence-electron chi connectivity index (χ1n) is 7.62. The van der Waals surface area contributed by atoms with Crippen molar-refractivity contribution in [3.8, 4) is 5.75 Å². The van der Waals surface area contributed by atoms with E-state index in [4.69, 9.17) is 10.5 Å². The van der Waals surface area contributed by atoms with Crippen LogP contribution in [0.15, 0.2) is 48.5 Å². The van der Waals surface area contributed by atoms with E-state index in [1.807, 2.05) is 55.5 Å². The molecule has 0 heterocycles. The van der Waals surface area contributed by atoms with Crippen molar-refractivity contribution in [1.29, 1.82) is 0 Å². The molecule has 0 atom stereocenters. The standard InChI is InChI=1S/C18H23N3O2.ClH/c1-3-21(12-14-7-6-8-15(19)11-14)13-18(22)20-16-9-4-5-10-17(16)23-2;/h4-11H,3,12-13,19H2,1-2H3,(H,20,22);1H. The quantitative estimate of drug-likeness (QED) is 0.753. The molecule has 0 unspecified atom stereocenters. The fourth-order valence-electron chi connectivity index (χ4n) is 2.37. The van der Waals surface area contributed by atoms with E-state index in [0.717, 1.165) is 17.8 Å². The number of amides is 1. The number of rotatable bonds is 7. The zero-order chi connectivity index (χ0) is 16.7. The van der Waals surface area contributed by atoms with Crippen molar-refractivity contribution in [3.05, 3.63) is 54.1 Å². The SMILES string of the molecule is CCN(CC(=O)Nc1ccccc1OC)Cc1cccc(N)c1.Cl. The smallest absolute Gasteiger partial charge is 0.238 e. The number of nitrogens with one attached hydrogen (secondary N) is 1. The third kappa shape index (κ3) is 5.76. The van der Waals surface area contributed by atoms with E-state index in [-0.39, 0.29) is 18.3 Å². The first-order valence-corrected chi connectivity index (χ1v) is 7.62. The van der Waals surface area contributed by atoms with E-state index in [0.29, 0.717) is 24.5 Å². The zero-order valence-corrected chi connectivity index (χ0v) is 14.8. The maximum atomic E-state index is 12.3. The summed E-state index contributed by atoms with van der Waals surface area (Å²) < 4.78 is 5.24.